The lowest BCUT2D eigenvalue weighted by Gasteiger charge is -2.24. The van der Waals surface area contributed by atoms with E-state index in [1.165, 1.54) is 322 Å². The van der Waals surface area contributed by atoms with Gasteiger partial charge in [-0.1, -0.05) is 471 Å². The Morgan fingerprint density at radius 1 is 0.164 bits per heavy atom. The average molecular weight is 1820 g/mol. The van der Waals surface area contributed by atoms with Crippen molar-refractivity contribution in [1.82, 2.24) is 0 Å². The van der Waals surface area contributed by atoms with Gasteiger partial charge < -0.3 is 0 Å². The van der Waals surface area contributed by atoms with Crippen LogP contribution in [-0.2, 0) is 51.4 Å². The normalized spacial score (nSPS) is 12.2. The molecule has 0 aliphatic heterocycles. The summed E-state index contributed by atoms with van der Waals surface area (Å²) in [6.07, 6.45) is 21.4. The topological polar surface area (TPSA) is 0 Å². The highest BCUT2D eigenvalue weighted by atomic mass is 14.3. The highest BCUT2D eigenvalue weighted by Crippen LogP contribution is 2.45. The van der Waals surface area contributed by atoms with Crippen molar-refractivity contribution in [2.24, 2.45) is 0 Å². The molecule has 2 aliphatic carbocycles. The van der Waals surface area contributed by atoms with Gasteiger partial charge in [-0.2, -0.15) is 0 Å². The molecule has 18 aromatic carbocycles. The van der Waals surface area contributed by atoms with Crippen molar-refractivity contribution in [2.75, 3.05) is 0 Å². The van der Waals surface area contributed by atoms with Crippen LogP contribution >= 0.6 is 0 Å². The molecule has 0 N–H and O–H groups in total. The van der Waals surface area contributed by atoms with E-state index in [0.29, 0.717) is 0 Å². The van der Waals surface area contributed by atoms with E-state index in [2.05, 4.69) is 471 Å². The summed E-state index contributed by atoms with van der Waals surface area (Å²) < 4.78 is 0. The third-order valence-corrected chi connectivity index (χ3v) is 29.6. The van der Waals surface area contributed by atoms with E-state index in [0.717, 1.165) is 38.5 Å². The van der Waals surface area contributed by atoms with Gasteiger partial charge in [-0.05, 0) is 361 Å². The lowest BCUT2D eigenvalue weighted by atomic mass is 9.80. The third-order valence-electron chi connectivity index (χ3n) is 29.6. The van der Waals surface area contributed by atoms with Gasteiger partial charge in [-0.25, -0.2) is 0 Å². The van der Waals surface area contributed by atoms with Crippen molar-refractivity contribution in [3.63, 3.8) is 0 Å². The van der Waals surface area contributed by atoms with Crippen molar-refractivity contribution < 1.29 is 0 Å². The average Bonchev–Trinajstić information content (AvgIpc) is 0.767. The molecule has 20 rings (SSSR count). The van der Waals surface area contributed by atoms with Crippen molar-refractivity contribution in [2.45, 2.75) is 210 Å². The summed E-state index contributed by atoms with van der Waals surface area (Å²) in [6.45, 7) is 26.8. The molecule has 0 radical (unpaired) electrons. The predicted octanol–water partition coefficient (Wildman–Crippen LogP) is 38.6. The van der Waals surface area contributed by atoms with Gasteiger partial charge in [-0.3, -0.25) is 0 Å². The Hall–Kier alpha value is -14.0. The molecule has 0 nitrogen and oxygen atoms in total. The fourth-order valence-corrected chi connectivity index (χ4v) is 21.1. The Balaban J connectivity index is 0.000000206. The summed E-state index contributed by atoms with van der Waals surface area (Å²) in [4.78, 5) is 0. The van der Waals surface area contributed by atoms with Gasteiger partial charge in [0.2, 0.25) is 0 Å². The SMILES string of the molecule is CCCCCCc1cc(-c2ccc(C(c3ccc(-c4ccc(C)cc4)cc3)c3ccc(-c4ccc(CCC)cc4)cc3)cc2C)c(CCCCCC)cc1-c1ccc(C(c2ccc(-c3ccc(C)cc3)cc2)c2ccc(-c3ccc(CCC)cc3)cc2)cc1C.Cc1cc(-c2ccc3c(c2)CC3)cc(-c2ccc3c(c2)CC3)c1.Cc1ccc(-c2cc(-c3ccc(C)cc3)cc(-c3ccc(C)cc3)c2)cc1. The first-order chi connectivity index (χ1) is 68.4. The molecule has 0 amide bonds. The van der Waals surface area contributed by atoms with Gasteiger partial charge in [0.25, 0.3) is 0 Å². The minimum absolute atomic E-state index is 0.0620. The minimum Gasteiger partial charge on any atom is -0.0654 e. The van der Waals surface area contributed by atoms with Gasteiger partial charge >= 0.3 is 0 Å². The molecule has 0 spiro atoms. The molecule has 140 heavy (non-hydrogen) atoms. The summed E-state index contributed by atoms with van der Waals surface area (Å²) in [5.74, 6) is 0.124. The Labute approximate surface area is 837 Å². The second kappa shape index (κ2) is 45.3. The Kier molecular flexibility index (Phi) is 31.1. The van der Waals surface area contributed by atoms with Crippen LogP contribution in [0.5, 0.6) is 0 Å². The van der Waals surface area contributed by atoms with Gasteiger partial charge in [-0.15, -0.1) is 0 Å². The fraction of sp³-hybridized carbons (Fsp3) is 0.229. The predicted molar refractivity (Wildman–Crippen MR) is 603 cm³/mol. The molecule has 2 atom stereocenters. The zero-order valence-corrected chi connectivity index (χ0v) is 84.8. The molecule has 0 aromatic heterocycles. The molecule has 0 heteroatoms. The largest absolute Gasteiger partial charge is 0.0654 e. The summed E-state index contributed by atoms with van der Waals surface area (Å²) in [7, 11) is 0. The molecule has 0 bridgehead atoms. The lowest BCUT2D eigenvalue weighted by Crippen LogP contribution is -2.07. The van der Waals surface area contributed by atoms with E-state index in [-0.39, 0.29) is 11.8 Å². The first kappa shape index (κ1) is 96.2. The number of unbranched alkanes of at least 4 members (excludes halogenated alkanes) is 6. The van der Waals surface area contributed by atoms with Gasteiger partial charge in [0.05, 0.1) is 0 Å². The summed E-state index contributed by atoms with van der Waals surface area (Å²) in [6, 6.07) is 148. The molecular formula is C140H138. The van der Waals surface area contributed by atoms with Gasteiger partial charge in [0, 0.05) is 11.8 Å². The second-order valence-electron chi connectivity index (χ2n) is 40.4. The molecule has 0 fully saturated rings. The molecule has 0 heterocycles. The standard InChI is InChI=1S/C90H94.C27H24.C23H20/c1-9-13-15-17-21-81-61-88(86-58-56-84(60-66(86)8)90(78-49-41-74(42-50-78)70-33-25-64(6)26-34-70)80-53-45-76(46-54-80)72-37-29-68(20-12-4)30-38-72)82(22-18-16-14-10-2)62-87(81)85-57-55-83(59-65(85)7)89(77-47-39-73(40-48-77)69-31-23-63(5)24-32-69)79-51-43-75(44-52-79)71-35-27-67(19-11-3)28-36-71;1-19-4-10-22(11-5-19)25-16-26(23-12-6-20(2)7-13-23)18-27(17-25)24-14-8-21(3)9-15-24;1-15-10-22(20-8-4-16-2-6-18(16)12-20)14-23(11-15)21-9-5-17-3-7-19(17)13-21/h23-62,89-90H,9-22H2,1-8H3;4-18H,1-3H3;4-5,8-14H,2-3,6-7H2,1H3. The minimum atomic E-state index is 0.0620. The van der Waals surface area contributed by atoms with E-state index in [4.69, 9.17) is 0 Å². The summed E-state index contributed by atoms with van der Waals surface area (Å²) in [5.41, 5.74) is 58.6. The van der Waals surface area contributed by atoms with Crippen LogP contribution in [0.15, 0.2) is 388 Å². The summed E-state index contributed by atoms with van der Waals surface area (Å²) >= 11 is 0. The van der Waals surface area contributed by atoms with E-state index < -0.39 is 0 Å². The van der Waals surface area contributed by atoms with Crippen LogP contribution < -0.4 is 0 Å². The molecule has 0 saturated carbocycles. The molecule has 18 aromatic rings. The van der Waals surface area contributed by atoms with Gasteiger partial charge in [0.1, 0.15) is 0 Å². The second-order valence-corrected chi connectivity index (χ2v) is 40.4. The zero-order valence-electron chi connectivity index (χ0n) is 84.8. The van der Waals surface area contributed by atoms with Crippen LogP contribution in [-0.4, -0.2) is 0 Å². The van der Waals surface area contributed by atoms with Crippen molar-refractivity contribution in [1.29, 1.82) is 0 Å². The molecule has 698 valence electrons. The van der Waals surface area contributed by atoms with E-state index in [1.807, 2.05) is 0 Å². The van der Waals surface area contributed by atoms with Crippen LogP contribution in [0.1, 0.15) is 226 Å². The summed E-state index contributed by atoms with van der Waals surface area (Å²) in [5, 5.41) is 0. The van der Waals surface area contributed by atoms with Crippen LogP contribution in [0.2, 0.25) is 0 Å². The number of benzene rings is 18. The van der Waals surface area contributed by atoms with E-state index >= 15 is 0 Å². The Morgan fingerprint density at radius 2 is 0.407 bits per heavy atom. The molecule has 0 saturated heterocycles. The quantitative estimate of drug-likeness (QED) is 0.0300. The van der Waals surface area contributed by atoms with Crippen LogP contribution in [0.25, 0.3) is 122 Å². The van der Waals surface area contributed by atoms with Crippen molar-refractivity contribution in [3.05, 3.63) is 511 Å². The number of hydrogen-bond acceptors (Lipinski definition) is 0. The Morgan fingerprint density at radius 3 is 0.657 bits per heavy atom. The Bertz CT molecular complexity index is 6720. The zero-order chi connectivity index (χ0) is 96.5. The molecule has 2 unspecified atom stereocenters. The number of fused-ring (bicyclic) bond motifs is 2. The third kappa shape index (κ3) is 23.2. The maximum Gasteiger partial charge on any atom is 0.0340 e. The van der Waals surface area contributed by atoms with Crippen molar-refractivity contribution in [3.8, 4) is 122 Å². The van der Waals surface area contributed by atoms with Crippen LogP contribution in [0, 0.1) is 55.4 Å². The van der Waals surface area contributed by atoms with Crippen LogP contribution in [0.4, 0.5) is 0 Å². The monoisotopic (exact) mass is 1820 g/mol. The number of hydrogen-bond donors (Lipinski definition) is 0. The highest BCUT2D eigenvalue weighted by molar-refractivity contribution is 5.84. The molecule has 2 aliphatic rings. The maximum atomic E-state index is 2.64. The number of rotatable bonds is 31. The molecular weight excluding hydrogens is 1680 g/mol. The van der Waals surface area contributed by atoms with E-state index in [1.54, 1.807) is 0 Å². The highest BCUT2D eigenvalue weighted by Gasteiger charge is 2.26. The first-order valence-electron chi connectivity index (χ1n) is 52.2. The van der Waals surface area contributed by atoms with Gasteiger partial charge in [0.15, 0.2) is 0 Å². The smallest absolute Gasteiger partial charge is 0.0340 e. The fourth-order valence-electron chi connectivity index (χ4n) is 21.1. The van der Waals surface area contributed by atoms with E-state index in [9.17, 15) is 0 Å². The lowest BCUT2D eigenvalue weighted by molar-refractivity contribution is 0.664. The number of aryl methyl sites for hydroxylation is 16. The van der Waals surface area contributed by atoms with Crippen LogP contribution in [0.3, 0.4) is 0 Å². The first-order valence-corrected chi connectivity index (χ1v) is 52.2. The van der Waals surface area contributed by atoms with Crippen molar-refractivity contribution >= 4 is 0 Å². The maximum absolute atomic E-state index is 2.64.